The zero-order valence-corrected chi connectivity index (χ0v) is 13.7. The number of alkyl halides is 1. The minimum Gasteiger partial charge on any atom is -0.356 e. The third-order valence-corrected chi connectivity index (χ3v) is 5.15. The first-order chi connectivity index (χ1) is 8.37. The standard InChI is InChI=1S/C15H28BrNO/c1-14(2,3)10-7-13(18)17-12-15(11-16)8-5-4-6-9-15/h4-12H2,1-3H3,(H,17,18). The maximum absolute atomic E-state index is 11.9. The molecule has 0 atom stereocenters. The van der Waals surface area contributed by atoms with Crippen LogP contribution in [0, 0.1) is 10.8 Å². The van der Waals surface area contributed by atoms with E-state index in [9.17, 15) is 4.79 Å². The maximum atomic E-state index is 11.9. The molecule has 0 heterocycles. The fourth-order valence-corrected chi connectivity index (χ4v) is 3.28. The summed E-state index contributed by atoms with van der Waals surface area (Å²) < 4.78 is 0. The van der Waals surface area contributed by atoms with Gasteiger partial charge in [0.1, 0.15) is 0 Å². The molecule has 18 heavy (non-hydrogen) atoms. The van der Waals surface area contributed by atoms with Crippen LogP contribution in [-0.2, 0) is 4.79 Å². The summed E-state index contributed by atoms with van der Waals surface area (Å²) in [5, 5.41) is 4.16. The van der Waals surface area contributed by atoms with Crippen molar-refractivity contribution in [1.29, 1.82) is 0 Å². The van der Waals surface area contributed by atoms with Gasteiger partial charge < -0.3 is 5.32 Å². The molecule has 1 amide bonds. The number of rotatable bonds is 5. The van der Waals surface area contributed by atoms with Crippen LogP contribution >= 0.6 is 15.9 Å². The van der Waals surface area contributed by atoms with Gasteiger partial charge in [-0.1, -0.05) is 56.0 Å². The molecule has 0 bridgehead atoms. The highest BCUT2D eigenvalue weighted by Crippen LogP contribution is 2.37. The number of amides is 1. The normalized spacial score (nSPS) is 19.6. The second-order valence-corrected chi connectivity index (χ2v) is 7.59. The summed E-state index contributed by atoms with van der Waals surface area (Å²) in [5.41, 5.74) is 0.560. The molecule has 0 aromatic heterocycles. The van der Waals surface area contributed by atoms with Gasteiger partial charge in [-0.2, -0.15) is 0 Å². The highest BCUT2D eigenvalue weighted by atomic mass is 79.9. The third-order valence-electron chi connectivity index (χ3n) is 3.96. The quantitative estimate of drug-likeness (QED) is 0.753. The molecule has 3 heteroatoms. The summed E-state index contributed by atoms with van der Waals surface area (Å²) in [6.07, 6.45) is 8.08. The highest BCUT2D eigenvalue weighted by molar-refractivity contribution is 9.09. The number of hydrogen-bond donors (Lipinski definition) is 1. The molecule has 1 fully saturated rings. The first-order valence-electron chi connectivity index (χ1n) is 7.20. The second-order valence-electron chi connectivity index (χ2n) is 7.03. The SMILES string of the molecule is CC(C)(C)CCC(=O)NCC1(CBr)CCCCC1. The summed E-state index contributed by atoms with van der Waals surface area (Å²) in [6, 6.07) is 0. The minimum absolute atomic E-state index is 0.218. The van der Waals surface area contributed by atoms with Gasteiger partial charge in [-0.25, -0.2) is 0 Å². The molecule has 1 aliphatic rings. The Morgan fingerprint density at radius 2 is 1.83 bits per heavy atom. The molecule has 2 nitrogen and oxygen atoms in total. The summed E-state index contributed by atoms with van der Waals surface area (Å²) in [5.74, 6) is 0.218. The van der Waals surface area contributed by atoms with Gasteiger partial charge in [0.15, 0.2) is 0 Å². The largest absolute Gasteiger partial charge is 0.356 e. The Hall–Kier alpha value is -0.0500. The Kier molecular flexibility index (Phi) is 6.16. The molecule has 0 unspecified atom stereocenters. The van der Waals surface area contributed by atoms with E-state index < -0.39 is 0 Å². The van der Waals surface area contributed by atoms with Gasteiger partial charge in [-0.05, 0) is 30.1 Å². The lowest BCUT2D eigenvalue weighted by Gasteiger charge is -2.36. The van der Waals surface area contributed by atoms with Gasteiger partial charge in [0.05, 0.1) is 0 Å². The van der Waals surface area contributed by atoms with Crippen molar-refractivity contribution in [2.75, 3.05) is 11.9 Å². The van der Waals surface area contributed by atoms with Crippen LogP contribution in [-0.4, -0.2) is 17.8 Å². The minimum atomic E-state index is 0.218. The molecule has 1 rings (SSSR count). The summed E-state index contributed by atoms with van der Waals surface area (Å²) in [7, 11) is 0. The molecular formula is C15H28BrNO. The van der Waals surface area contributed by atoms with Crippen molar-refractivity contribution < 1.29 is 4.79 Å². The Labute approximate surface area is 120 Å². The molecule has 106 valence electrons. The van der Waals surface area contributed by atoms with Crippen LogP contribution in [0.2, 0.25) is 0 Å². The second kappa shape index (κ2) is 6.93. The molecule has 0 aliphatic heterocycles. The van der Waals surface area contributed by atoms with E-state index in [1.54, 1.807) is 0 Å². The first kappa shape index (κ1) is 16.0. The monoisotopic (exact) mass is 317 g/mol. The van der Waals surface area contributed by atoms with E-state index >= 15 is 0 Å². The number of carbonyl (C=O) groups excluding carboxylic acids is 1. The Morgan fingerprint density at radius 3 is 2.33 bits per heavy atom. The van der Waals surface area contributed by atoms with Crippen molar-refractivity contribution in [1.82, 2.24) is 5.32 Å². The summed E-state index contributed by atoms with van der Waals surface area (Å²) in [4.78, 5) is 11.9. The average molecular weight is 318 g/mol. The van der Waals surface area contributed by atoms with E-state index in [-0.39, 0.29) is 11.3 Å². The van der Waals surface area contributed by atoms with Crippen LogP contribution in [0.15, 0.2) is 0 Å². The number of hydrogen-bond acceptors (Lipinski definition) is 1. The van der Waals surface area contributed by atoms with Crippen LogP contribution in [0.4, 0.5) is 0 Å². The fourth-order valence-electron chi connectivity index (χ4n) is 2.52. The fraction of sp³-hybridized carbons (Fsp3) is 0.933. The molecule has 1 saturated carbocycles. The third kappa shape index (κ3) is 5.73. The lowest BCUT2D eigenvalue weighted by atomic mass is 9.75. The van der Waals surface area contributed by atoms with Gasteiger partial charge in [-0.3, -0.25) is 4.79 Å². The number of halogens is 1. The lowest BCUT2D eigenvalue weighted by molar-refractivity contribution is -0.122. The molecule has 0 spiro atoms. The Bertz CT molecular complexity index is 264. The van der Waals surface area contributed by atoms with E-state index in [2.05, 4.69) is 42.0 Å². The van der Waals surface area contributed by atoms with Crippen LogP contribution < -0.4 is 5.32 Å². The van der Waals surface area contributed by atoms with Gasteiger partial charge in [-0.15, -0.1) is 0 Å². The van der Waals surface area contributed by atoms with Gasteiger partial charge >= 0.3 is 0 Å². The highest BCUT2D eigenvalue weighted by Gasteiger charge is 2.31. The van der Waals surface area contributed by atoms with Crippen LogP contribution in [0.25, 0.3) is 0 Å². The van der Waals surface area contributed by atoms with Crippen molar-refractivity contribution in [2.45, 2.75) is 65.7 Å². The smallest absolute Gasteiger partial charge is 0.220 e. The summed E-state index contributed by atoms with van der Waals surface area (Å²) in [6.45, 7) is 7.39. The average Bonchev–Trinajstić information content (AvgIpc) is 2.34. The van der Waals surface area contributed by atoms with E-state index in [0.29, 0.717) is 11.8 Å². The zero-order chi connectivity index (χ0) is 13.6. The van der Waals surface area contributed by atoms with Crippen LogP contribution in [0.3, 0.4) is 0 Å². The molecule has 1 N–H and O–H groups in total. The predicted octanol–water partition coefficient (Wildman–Crippen LogP) is 4.27. The lowest BCUT2D eigenvalue weighted by Crippen LogP contribution is -2.40. The maximum Gasteiger partial charge on any atom is 0.220 e. The van der Waals surface area contributed by atoms with Gasteiger partial charge in [0.25, 0.3) is 0 Å². The molecular weight excluding hydrogens is 290 g/mol. The van der Waals surface area contributed by atoms with E-state index in [4.69, 9.17) is 0 Å². The summed E-state index contributed by atoms with van der Waals surface area (Å²) >= 11 is 3.64. The van der Waals surface area contributed by atoms with Crippen molar-refractivity contribution >= 4 is 21.8 Å². The Morgan fingerprint density at radius 1 is 1.22 bits per heavy atom. The molecule has 0 aromatic carbocycles. The number of carbonyl (C=O) groups is 1. The van der Waals surface area contributed by atoms with E-state index in [1.807, 2.05) is 0 Å². The van der Waals surface area contributed by atoms with Crippen molar-refractivity contribution in [2.24, 2.45) is 10.8 Å². The van der Waals surface area contributed by atoms with E-state index in [1.165, 1.54) is 32.1 Å². The predicted molar refractivity (Wildman–Crippen MR) is 81.0 cm³/mol. The Balaban J connectivity index is 2.32. The topological polar surface area (TPSA) is 29.1 Å². The van der Waals surface area contributed by atoms with Crippen molar-refractivity contribution in [3.8, 4) is 0 Å². The number of nitrogens with one attached hydrogen (secondary N) is 1. The zero-order valence-electron chi connectivity index (χ0n) is 12.2. The van der Waals surface area contributed by atoms with Crippen LogP contribution in [0.1, 0.15) is 65.7 Å². The van der Waals surface area contributed by atoms with Crippen molar-refractivity contribution in [3.63, 3.8) is 0 Å². The van der Waals surface area contributed by atoms with Gasteiger partial charge in [0.2, 0.25) is 5.91 Å². The van der Waals surface area contributed by atoms with Crippen LogP contribution in [0.5, 0.6) is 0 Å². The molecule has 0 saturated heterocycles. The molecule has 1 aliphatic carbocycles. The molecule has 0 radical (unpaired) electrons. The first-order valence-corrected chi connectivity index (χ1v) is 8.32. The van der Waals surface area contributed by atoms with E-state index in [0.717, 1.165) is 18.3 Å². The van der Waals surface area contributed by atoms with Gasteiger partial charge in [0, 0.05) is 18.3 Å². The van der Waals surface area contributed by atoms with Crippen molar-refractivity contribution in [3.05, 3.63) is 0 Å². The molecule has 0 aromatic rings.